The van der Waals surface area contributed by atoms with E-state index < -0.39 is 0 Å². The number of nitrogens with one attached hydrogen (secondary N) is 1. The van der Waals surface area contributed by atoms with E-state index in [9.17, 15) is 4.79 Å². The Morgan fingerprint density at radius 2 is 1.96 bits per heavy atom. The van der Waals surface area contributed by atoms with E-state index in [0.29, 0.717) is 6.04 Å². The molecule has 138 valence electrons. The van der Waals surface area contributed by atoms with Crippen LogP contribution in [0.2, 0.25) is 0 Å². The third-order valence-corrected chi connectivity index (χ3v) is 5.94. The van der Waals surface area contributed by atoms with Gasteiger partial charge in [-0.2, -0.15) is 0 Å². The average molecular weight is 378 g/mol. The molecule has 27 heavy (non-hydrogen) atoms. The van der Waals surface area contributed by atoms with Gasteiger partial charge in [0.05, 0.1) is 5.69 Å². The molecular weight excluding hydrogens is 354 g/mol. The second kappa shape index (κ2) is 7.61. The Morgan fingerprint density at radius 3 is 2.67 bits per heavy atom. The van der Waals surface area contributed by atoms with Crippen molar-refractivity contribution in [3.63, 3.8) is 0 Å². The van der Waals surface area contributed by atoms with E-state index in [1.165, 1.54) is 22.9 Å². The molecule has 1 aliphatic rings. The van der Waals surface area contributed by atoms with Gasteiger partial charge in [0, 0.05) is 18.4 Å². The van der Waals surface area contributed by atoms with Crippen LogP contribution in [0.15, 0.2) is 66.1 Å². The number of hydrogen-bond acceptors (Lipinski definition) is 3. The number of hydrogen-bond donors (Lipinski definition) is 1. The minimum absolute atomic E-state index is 0.0591. The molecule has 0 spiro atoms. The van der Waals surface area contributed by atoms with Crippen molar-refractivity contribution in [2.75, 3.05) is 0 Å². The number of carbonyl (C=O) groups excluding carboxylic acids is 1. The Bertz CT molecular complexity index is 947. The number of aromatic nitrogens is 2. The molecule has 1 saturated carbocycles. The van der Waals surface area contributed by atoms with Crippen LogP contribution in [0.3, 0.4) is 0 Å². The molecule has 0 saturated heterocycles. The van der Waals surface area contributed by atoms with Crippen molar-refractivity contribution in [3.05, 3.63) is 77.6 Å². The van der Waals surface area contributed by atoms with Crippen LogP contribution >= 0.6 is 11.8 Å². The highest BCUT2D eigenvalue weighted by Crippen LogP contribution is 2.37. The molecule has 1 atom stereocenters. The Balaban J connectivity index is 1.66. The highest BCUT2D eigenvalue weighted by Gasteiger charge is 2.30. The van der Waals surface area contributed by atoms with Crippen LogP contribution < -0.4 is 5.32 Å². The summed E-state index contributed by atoms with van der Waals surface area (Å²) in [6.07, 6.45) is 5.91. The first-order valence-electron chi connectivity index (χ1n) is 9.25. The molecule has 0 bridgehead atoms. The van der Waals surface area contributed by atoms with Crippen molar-refractivity contribution in [3.8, 4) is 5.69 Å². The van der Waals surface area contributed by atoms with E-state index in [0.717, 1.165) is 29.2 Å². The Morgan fingerprint density at radius 1 is 1.19 bits per heavy atom. The summed E-state index contributed by atoms with van der Waals surface area (Å²) in [5, 5.41) is 3.65. The van der Waals surface area contributed by atoms with Crippen LogP contribution in [0.25, 0.3) is 5.69 Å². The number of nitrogens with zero attached hydrogens (tertiary/aromatic N) is 2. The van der Waals surface area contributed by atoms with Crippen LogP contribution in [0.4, 0.5) is 0 Å². The lowest BCUT2D eigenvalue weighted by Gasteiger charge is -2.18. The van der Waals surface area contributed by atoms with Crippen LogP contribution in [0.1, 0.15) is 34.8 Å². The molecule has 2 aromatic carbocycles. The van der Waals surface area contributed by atoms with Crippen molar-refractivity contribution >= 4 is 17.7 Å². The predicted molar refractivity (Wildman–Crippen MR) is 109 cm³/mol. The minimum Gasteiger partial charge on any atom is -0.352 e. The predicted octanol–water partition coefficient (Wildman–Crippen LogP) is 4.60. The second-order valence-electron chi connectivity index (χ2n) is 7.06. The summed E-state index contributed by atoms with van der Waals surface area (Å²) < 4.78 is 2.07. The van der Waals surface area contributed by atoms with Gasteiger partial charge in [-0.3, -0.25) is 9.36 Å². The largest absolute Gasteiger partial charge is 0.352 e. The van der Waals surface area contributed by atoms with Crippen molar-refractivity contribution in [1.82, 2.24) is 14.9 Å². The first kappa shape index (κ1) is 17.9. The zero-order valence-electron chi connectivity index (χ0n) is 15.6. The number of carbonyl (C=O) groups is 1. The molecule has 1 aromatic heterocycles. The lowest BCUT2D eigenvalue weighted by Crippen LogP contribution is -2.29. The van der Waals surface area contributed by atoms with E-state index >= 15 is 0 Å². The maximum atomic E-state index is 12.9. The van der Waals surface area contributed by atoms with Crippen molar-refractivity contribution in [1.29, 1.82) is 0 Å². The summed E-state index contributed by atoms with van der Waals surface area (Å²) >= 11 is 1.50. The molecule has 0 aliphatic heterocycles. The van der Waals surface area contributed by atoms with E-state index in [1.54, 1.807) is 6.20 Å². The van der Waals surface area contributed by atoms with Gasteiger partial charge < -0.3 is 5.32 Å². The van der Waals surface area contributed by atoms with Gasteiger partial charge in [0.1, 0.15) is 5.25 Å². The van der Waals surface area contributed by atoms with Crippen LogP contribution in [-0.2, 0) is 4.79 Å². The summed E-state index contributed by atoms with van der Waals surface area (Å²) in [6.45, 7) is 4.19. The van der Waals surface area contributed by atoms with Gasteiger partial charge in [-0.05, 0) is 43.9 Å². The van der Waals surface area contributed by atoms with Crippen LogP contribution in [0.5, 0.6) is 0 Å². The van der Waals surface area contributed by atoms with Gasteiger partial charge >= 0.3 is 0 Å². The van der Waals surface area contributed by atoms with Gasteiger partial charge in [0.25, 0.3) is 0 Å². The Kier molecular flexibility index (Phi) is 5.03. The van der Waals surface area contributed by atoms with Gasteiger partial charge in [-0.1, -0.05) is 59.8 Å². The topological polar surface area (TPSA) is 46.9 Å². The molecular formula is C22H23N3OS. The fourth-order valence-electron chi connectivity index (χ4n) is 3.15. The number of aryl methyl sites for hydroxylation is 2. The monoisotopic (exact) mass is 377 g/mol. The summed E-state index contributed by atoms with van der Waals surface area (Å²) in [4.78, 5) is 17.5. The lowest BCUT2D eigenvalue weighted by molar-refractivity contribution is -0.120. The third kappa shape index (κ3) is 4.08. The highest BCUT2D eigenvalue weighted by atomic mass is 32.2. The molecule has 1 heterocycles. The van der Waals surface area contributed by atoms with Gasteiger partial charge in [0.2, 0.25) is 5.91 Å². The summed E-state index contributed by atoms with van der Waals surface area (Å²) in [6, 6.07) is 16.7. The summed E-state index contributed by atoms with van der Waals surface area (Å²) in [5.41, 5.74) is 4.51. The minimum atomic E-state index is -0.321. The van der Waals surface area contributed by atoms with Crippen molar-refractivity contribution < 1.29 is 4.79 Å². The van der Waals surface area contributed by atoms with E-state index in [-0.39, 0.29) is 11.2 Å². The molecule has 3 aromatic rings. The van der Waals surface area contributed by atoms with Crippen molar-refractivity contribution in [2.45, 2.75) is 43.1 Å². The number of rotatable bonds is 6. The zero-order valence-corrected chi connectivity index (χ0v) is 16.4. The Labute approximate surface area is 164 Å². The van der Waals surface area contributed by atoms with Crippen LogP contribution in [0, 0.1) is 13.8 Å². The molecule has 1 fully saturated rings. The van der Waals surface area contributed by atoms with Gasteiger partial charge in [-0.25, -0.2) is 4.98 Å². The SMILES string of the molecule is Cc1ccc(-n2ccnc2S[C@H](C(=O)NC2CC2)c2ccccc2)c(C)c1. The van der Waals surface area contributed by atoms with Crippen molar-refractivity contribution in [2.24, 2.45) is 0 Å². The molecule has 4 rings (SSSR count). The average Bonchev–Trinajstić information content (AvgIpc) is 3.36. The maximum Gasteiger partial charge on any atom is 0.238 e. The standard InChI is InChI=1S/C22H23N3OS/c1-15-8-11-19(16(2)14-15)25-13-12-23-22(25)27-20(17-6-4-3-5-7-17)21(26)24-18-9-10-18/h3-8,11-14,18,20H,9-10H2,1-2H3,(H,24,26)/t20-/m0/s1. The highest BCUT2D eigenvalue weighted by molar-refractivity contribution is 8.00. The fraction of sp³-hybridized carbons (Fsp3) is 0.273. The summed E-state index contributed by atoms with van der Waals surface area (Å²) in [7, 11) is 0. The smallest absolute Gasteiger partial charge is 0.238 e. The van der Waals surface area contributed by atoms with E-state index in [2.05, 4.69) is 46.9 Å². The quantitative estimate of drug-likeness (QED) is 0.639. The van der Waals surface area contributed by atoms with Gasteiger partial charge in [0.15, 0.2) is 5.16 Å². The second-order valence-corrected chi connectivity index (χ2v) is 8.13. The number of thioether (sulfide) groups is 1. The third-order valence-electron chi connectivity index (χ3n) is 4.71. The zero-order chi connectivity index (χ0) is 18.8. The maximum absolute atomic E-state index is 12.9. The number of imidazole rings is 1. The molecule has 1 amide bonds. The number of benzene rings is 2. The molecule has 1 N–H and O–H groups in total. The van der Waals surface area contributed by atoms with Gasteiger partial charge in [-0.15, -0.1) is 0 Å². The first-order valence-corrected chi connectivity index (χ1v) is 10.1. The lowest BCUT2D eigenvalue weighted by atomic mass is 10.1. The molecule has 0 unspecified atom stereocenters. The Hall–Kier alpha value is -2.53. The normalized spacial score (nSPS) is 14.7. The van der Waals surface area contributed by atoms with Crippen LogP contribution in [-0.4, -0.2) is 21.5 Å². The fourth-order valence-corrected chi connectivity index (χ4v) is 4.22. The van der Waals surface area contributed by atoms with E-state index in [1.807, 2.05) is 36.5 Å². The van der Waals surface area contributed by atoms with E-state index in [4.69, 9.17) is 0 Å². The molecule has 1 aliphatic carbocycles. The number of amides is 1. The molecule has 0 radical (unpaired) electrons. The summed E-state index contributed by atoms with van der Waals surface area (Å²) in [5.74, 6) is 0.0591. The first-order chi connectivity index (χ1) is 13.1. The molecule has 5 heteroatoms. The molecule has 4 nitrogen and oxygen atoms in total.